The van der Waals surface area contributed by atoms with Gasteiger partial charge in [0.25, 0.3) is 0 Å². The molecule has 1 aliphatic rings. The topological polar surface area (TPSA) is 23.6 Å². The molecule has 132 valence electrons. The third-order valence-electron chi connectivity index (χ3n) is 5.19. The van der Waals surface area contributed by atoms with E-state index in [0.717, 1.165) is 31.6 Å². The van der Waals surface area contributed by atoms with Gasteiger partial charge in [0.1, 0.15) is 0 Å². The molecule has 1 aliphatic heterocycles. The molecule has 0 saturated carbocycles. The minimum absolute atomic E-state index is 0.222. The smallest absolute Gasteiger partial charge is 0.226 e. The van der Waals surface area contributed by atoms with E-state index in [4.69, 9.17) is 0 Å². The first-order valence-electron chi connectivity index (χ1n) is 9.34. The molecule has 1 fully saturated rings. The summed E-state index contributed by atoms with van der Waals surface area (Å²) in [5, 5.41) is 0. The summed E-state index contributed by atoms with van der Waals surface area (Å²) in [5.74, 6) is 0.222. The highest BCUT2D eigenvalue weighted by Crippen LogP contribution is 2.28. The number of anilines is 1. The van der Waals surface area contributed by atoms with E-state index in [1.54, 1.807) is 0 Å². The minimum atomic E-state index is 0.222. The van der Waals surface area contributed by atoms with Crippen molar-refractivity contribution < 1.29 is 4.79 Å². The molecule has 1 saturated heterocycles. The predicted molar refractivity (Wildman–Crippen MR) is 104 cm³/mol. The summed E-state index contributed by atoms with van der Waals surface area (Å²) in [5.41, 5.74) is 2.39. The van der Waals surface area contributed by atoms with E-state index in [1.165, 1.54) is 5.56 Å². The standard InChI is InChI=1S/C22H28N2O/c1-3-22(25)24(20-12-8-5-9-13-20)21-14-15-23(18(2)16-21)17-19-10-6-4-7-11-19/h4-13,18,21H,3,14-17H2,1-2H3/t18-,21-/m1/s1. The van der Waals surface area contributed by atoms with Gasteiger partial charge in [-0.1, -0.05) is 55.5 Å². The highest BCUT2D eigenvalue weighted by molar-refractivity contribution is 5.93. The number of carbonyl (C=O) groups excluding carboxylic acids is 1. The lowest BCUT2D eigenvalue weighted by Crippen LogP contribution is -2.50. The quantitative estimate of drug-likeness (QED) is 0.803. The summed E-state index contributed by atoms with van der Waals surface area (Å²) < 4.78 is 0. The number of nitrogens with zero attached hydrogens (tertiary/aromatic N) is 2. The number of hydrogen-bond donors (Lipinski definition) is 0. The second-order valence-electron chi connectivity index (χ2n) is 6.94. The van der Waals surface area contributed by atoms with Crippen molar-refractivity contribution in [1.29, 1.82) is 0 Å². The third-order valence-corrected chi connectivity index (χ3v) is 5.19. The fraction of sp³-hybridized carbons (Fsp3) is 0.409. The van der Waals surface area contributed by atoms with Gasteiger partial charge in [0.15, 0.2) is 0 Å². The number of carbonyl (C=O) groups is 1. The first kappa shape index (κ1) is 17.7. The van der Waals surface area contributed by atoms with Gasteiger partial charge in [0.05, 0.1) is 0 Å². The Kier molecular flexibility index (Phi) is 5.87. The van der Waals surface area contributed by atoms with Crippen molar-refractivity contribution in [3.8, 4) is 0 Å². The highest BCUT2D eigenvalue weighted by atomic mass is 16.2. The molecule has 1 amide bonds. The van der Waals surface area contributed by atoms with Gasteiger partial charge in [-0.05, 0) is 37.5 Å². The molecule has 2 atom stereocenters. The van der Waals surface area contributed by atoms with Crippen LogP contribution in [0.15, 0.2) is 60.7 Å². The molecule has 3 rings (SSSR count). The molecule has 3 heteroatoms. The van der Waals surface area contributed by atoms with Gasteiger partial charge in [0.2, 0.25) is 5.91 Å². The van der Waals surface area contributed by atoms with E-state index in [0.29, 0.717) is 12.5 Å². The van der Waals surface area contributed by atoms with Gasteiger partial charge in [0, 0.05) is 37.3 Å². The van der Waals surface area contributed by atoms with Crippen molar-refractivity contribution in [2.75, 3.05) is 11.4 Å². The van der Waals surface area contributed by atoms with Gasteiger partial charge in [-0.2, -0.15) is 0 Å². The maximum atomic E-state index is 12.6. The van der Waals surface area contributed by atoms with Crippen LogP contribution in [0.5, 0.6) is 0 Å². The van der Waals surface area contributed by atoms with Crippen LogP contribution in [0.2, 0.25) is 0 Å². The van der Waals surface area contributed by atoms with Crippen molar-refractivity contribution in [2.45, 2.75) is 51.7 Å². The lowest BCUT2D eigenvalue weighted by atomic mass is 9.95. The van der Waals surface area contributed by atoms with Crippen LogP contribution >= 0.6 is 0 Å². The molecule has 0 aliphatic carbocycles. The summed E-state index contributed by atoms with van der Waals surface area (Å²) in [4.78, 5) is 17.2. The SMILES string of the molecule is CCC(=O)N(c1ccccc1)[C@@H]1CCN(Cc2ccccc2)[C@H](C)C1. The Bertz CT molecular complexity index is 671. The molecule has 3 nitrogen and oxygen atoms in total. The summed E-state index contributed by atoms with van der Waals surface area (Å²) >= 11 is 0. The second-order valence-corrected chi connectivity index (χ2v) is 6.94. The summed E-state index contributed by atoms with van der Waals surface area (Å²) in [6.45, 7) is 6.25. The monoisotopic (exact) mass is 336 g/mol. The molecule has 0 aromatic heterocycles. The molecule has 0 bridgehead atoms. The summed E-state index contributed by atoms with van der Waals surface area (Å²) in [6, 6.07) is 21.5. The molecule has 0 unspecified atom stereocenters. The number of para-hydroxylation sites is 1. The molecule has 0 radical (unpaired) electrons. The van der Waals surface area contributed by atoms with Crippen LogP contribution in [0.4, 0.5) is 5.69 Å². The number of benzene rings is 2. The van der Waals surface area contributed by atoms with E-state index < -0.39 is 0 Å². The molecule has 1 heterocycles. The van der Waals surface area contributed by atoms with E-state index in [1.807, 2.05) is 30.0 Å². The normalized spacial score (nSPS) is 21.0. The Morgan fingerprint density at radius 3 is 2.32 bits per heavy atom. The first-order chi connectivity index (χ1) is 12.2. The van der Waals surface area contributed by atoms with Gasteiger partial charge < -0.3 is 4.90 Å². The highest BCUT2D eigenvalue weighted by Gasteiger charge is 2.31. The number of hydrogen-bond acceptors (Lipinski definition) is 2. The molecule has 2 aromatic rings. The van der Waals surface area contributed by atoms with Crippen LogP contribution < -0.4 is 4.90 Å². The van der Waals surface area contributed by atoms with E-state index in [-0.39, 0.29) is 11.9 Å². The van der Waals surface area contributed by atoms with Crippen LogP contribution in [0.3, 0.4) is 0 Å². The van der Waals surface area contributed by atoms with Crippen molar-refractivity contribution in [3.05, 3.63) is 66.2 Å². The van der Waals surface area contributed by atoms with Crippen LogP contribution in [0, 0.1) is 0 Å². The molecule has 25 heavy (non-hydrogen) atoms. The lowest BCUT2D eigenvalue weighted by Gasteiger charge is -2.42. The van der Waals surface area contributed by atoms with Crippen molar-refractivity contribution in [2.24, 2.45) is 0 Å². The Hall–Kier alpha value is -2.13. The average Bonchev–Trinajstić information content (AvgIpc) is 2.65. The van der Waals surface area contributed by atoms with Gasteiger partial charge in [-0.3, -0.25) is 9.69 Å². The number of likely N-dealkylation sites (tertiary alicyclic amines) is 1. The molecule has 0 spiro atoms. The van der Waals surface area contributed by atoms with Crippen molar-refractivity contribution in [1.82, 2.24) is 4.90 Å². The fourth-order valence-corrected chi connectivity index (χ4v) is 3.80. The van der Waals surface area contributed by atoms with E-state index in [2.05, 4.69) is 54.3 Å². The first-order valence-corrected chi connectivity index (χ1v) is 9.34. The van der Waals surface area contributed by atoms with Gasteiger partial charge >= 0.3 is 0 Å². The minimum Gasteiger partial charge on any atom is -0.309 e. The zero-order valence-corrected chi connectivity index (χ0v) is 15.3. The molecule has 2 aromatic carbocycles. The lowest BCUT2D eigenvalue weighted by molar-refractivity contribution is -0.119. The number of amides is 1. The summed E-state index contributed by atoms with van der Waals surface area (Å²) in [6.07, 6.45) is 2.60. The Labute approximate surface area is 151 Å². The molecular weight excluding hydrogens is 308 g/mol. The van der Waals surface area contributed by atoms with Gasteiger partial charge in [-0.25, -0.2) is 0 Å². The maximum absolute atomic E-state index is 12.6. The van der Waals surface area contributed by atoms with Crippen LogP contribution in [0.25, 0.3) is 0 Å². The Morgan fingerprint density at radius 2 is 1.72 bits per heavy atom. The van der Waals surface area contributed by atoms with Gasteiger partial charge in [-0.15, -0.1) is 0 Å². The number of rotatable bonds is 5. The molecular formula is C22H28N2O. The largest absolute Gasteiger partial charge is 0.309 e. The predicted octanol–water partition coefficient (Wildman–Crippen LogP) is 4.48. The van der Waals surface area contributed by atoms with Crippen LogP contribution in [-0.2, 0) is 11.3 Å². The summed E-state index contributed by atoms with van der Waals surface area (Å²) in [7, 11) is 0. The van der Waals surface area contributed by atoms with Crippen molar-refractivity contribution >= 4 is 11.6 Å². The van der Waals surface area contributed by atoms with Crippen LogP contribution in [-0.4, -0.2) is 29.4 Å². The third kappa shape index (κ3) is 4.29. The second kappa shape index (κ2) is 8.30. The Balaban J connectivity index is 1.70. The number of piperidine rings is 1. The maximum Gasteiger partial charge on any atom is 0.226 e. The zero-order valence-electron chi connectivity index (χ0n) is 15.3. The van der Waals surface area contributed by atoms with Crippen LogP contribution in [0.1, 0.15) is 38.7 Å². The fourth-order valence-electron chi connectivity index (χ4n) is 3.80. The zero-order chi connectivity index (χ0) is 17.6. The van der Waals surface area contributed by atoms with E-state index in [9.17, 15) is 4.79 Å². The van der Waals surface area contributed by atoms with E-state index >= 15 is 0 Å². The molecule has 0 N–H and O–H groups in total. The Morgan fingerprint density at radius 1 is 1.08 bits per heavy atom. The van der Waals surface area contributed by atoms with Crippen molar-refractivity contribution in [3.63, 3.8) is 0 Å². The average molecular weight is 336 g/mol.